The van der Waals surface area contributed by atoms with E-state index in [-0.39, 0.29) is 11.0 Å². The molecule has 31 heavy (non-hydrogen) atoms. The minimum atomic E-state index is -2.07. The molecule has 2 saturated carbocycles. The quantitative estimate of drug-likeness (QED) is 0.267. The van der Waals surface area contributed by atoms with Crippen LogP contribution in [0, 0.1) is 23.2 Å². The molecule has 0 N–H and O–H groups in total. The lowest BCUT2D eigenvalue weighted by Gasteiger charge is -2.44. The maximum atomic E-state index is 12.7. The lowest BCUT2D eigenvalue weighted by Crippen LogP contribution is -2.50. The highest BCUT2D eigenvalue weighted by Gasteiger charge is 2.51. The summed E-state index contributed by atoms with van der Waals surface area (Å²) in [5.41, 5.74) is 1.09. The molecule has 1 unspecified atom stereocenters. The largest absolute Gasteiger partial charge is 0.429 e. The van der Waals surface area contributed by atoms with Crippen LogP contribution in [0.3, 0.4) is 0 Å². The highest BCUT2D eigenvalue weighted by atomic mass is 79.9. The standard InChI is InChI=1S/C26H43BrO3Si/c1-18(21-13-14-22-19(17-27)10-9-15-25(21,22)5)11-12-20-16-26(6,23(28)29-20)30-31(7,8)24(2,3)4/h16-18,21-22H,9-15H2,1-8H3/b19-17+/t18-,21-,22?,25-,26-/m1/s1. The van der Waals surface area contributed by atoms with Crippen molar-refractivity contribution in [1.82, 2.24) is 0 Å². The average molecular weight is 512 g/mol. The molecule has 176 valence electrons. The van der Waals surface area contributed by atoms with Crippen molar-refractivity contribution >= 4 is 30.2 Å². The second-order valence-corrected chi connectivity index (χ2v) is 17.4. The first-order valence-corrected chi connectivity index (χ1v) is 16.0. The zero-order valence-electron chi connectivity index (χ0n) is 20.9. The summed E-state index contributed by atoms with van der Waals surface area (Å²) < 4.78 is 12.2. The first-order chi connectivity index (χ1) is 14.2. The van der Waals surface area contributed by atoms with Crippen molar-refractivity contribution in [3.8, 4) is 0 Å². The smallest absolute Gasteiger partial charge is 0.346 e. The van der Waals surface area contributed by atoms with Gasteiger partial charge in [0.1, 0.15) is 5.76 Å². The van der Waals surface area contributed by atoms with Gasteiger partial charge in [0, 0.05) is 6.42 Å². The van der Waals surface area contributed by atoms with Gasteiger partial charge in [-0.3, -0.25) is 0 Å². The predicted molar refractivity (Wildman–Crippen MR) is 134 cm³/mol. The van der Waals surface area contributed by atoms with Gasteiger partial charge >= 0.3 is 5.97 Å². The third kappa shape index (κ3) is 4.79. The minimum Gasteiger partial charge on any atom is -0.429 e. The van der Waals surface area contributed by atoms with Crippen molar-refractivity contribution in [2.75, 3.05) is 0 Å². The van der Waals surface area contributed by atoms with Crippen LogP contribution < -0.4 is 0 Å². The molecule has 1 heterocycles. The molecule has 0 aromatic carbocycles. The van der Waals surface area contributed by atoms with Crippen LogP contribution in [-0.4, -0.2) is 19.9 Å². The van der Waals surface area contributed by atoms with Gasteiger partial charge in [-0.1, -0.05) is 56.1 Å². The molecule has 0 aromatic rings. The number of hydrogen-bond acceptors (Lipinski definition) is 3. The molecule has 0 amide bonds. The summed E-state index contributed by atoms with van der Waals surface area (Å²) in [5, 5.41) is 0.0538. The number of fused-ring (bicyclic) bond motifs is 1. The molecule has 0 aromatic heterocycles. The third-order valence-corrected chi connectivity index (χ3v) is 14.2. The maximum absolute atomic E-state index is 12.7. The van der Waals surface area contributed by atoms with Gasteiger partial charge in [-0.25, -0.2) is 4.79 Å². The Morgan fingerprint density at radius 1 is 1.32 bits per heavy atom. The fourth-order valence-electron chi connectivity index (χ4n) is 6.21. The number of cyclic esters (lactones) is 1. The Morgan fingerprint density at radius 3 is 2.61 bits per heavy atom. The Labute approximate surface area is 199 Å². The van der Waals surface area contributed by atoms with E-state index in [1.54, 1.807) is 5.57 Å². The normalized spacial score (nSPS) is 36.4. The zero-order valence-corrected chi connectivity index (χ0v) is 23.5. The third-order valence-electron chi connectivity index (χ3n) is 9.05. The van der Waals surface area contributed by atoms with E-state index in [9.17, 15) is 4.79 Å². The number of carbonyl (C=O) groups excluding carboxylic acids is 1. The molecule has 5 heteroatoms. The summed E-state index contributed by atoms with van der Waals surface area (Å²) in [6.45, 7) is 17.8. The van der Waals surface area contributed by atoms with Crippen LogP contribution >= 0.6 is 15.9 Å². The molecule has 2 fully saturated rings. The Morgan fingerprint density at radius 2 is 2.00 bits per heavy atom. The van der Waals surface area contributed by atoms with Gasteiger partial charge in [0.05, 0.1) is 0 Å². The van der Waals surface area contributed by atoms with Crippen LogP contribution in [0.4, 0.5) is 0 Å². The highest BCUT2D eigenvalue weighted by molar-refractivity contribution is 9.11. The van der Waals surface area contributed by atoms with Crippen LogP contribution in [0.25, 0.3) is 0 Å². The van der Waals surface area contributed by atoms with E-state index in [1.165, 1.54) is 32.1 Å². The van der Waals surface area contributed by atoms with Gasteiger partial charge in [0.2, 0.25) is 0 Å². The van der Waals surface area contributed by atoms with Crippen LogP contribution in [0.2, 0.25) is 18.1 Å². The van der Waals surface area contributed by atoms with Crippen molar-refractivity contribution in [1.29, 1.82) is 0 Å². The molecular weight excluding hydrogens is 468 g/mol. The second kappa shape index (κ2) is 8.75. The van der Waals surface area contributed by atoms with Crippen molar-refractivity contribution in [3.63, 3.8) is 0 Å². The predicted octanol–water partition coefficient (Wildman–Crippen LogP) is 8.12. The van der Waals surface area contributed by atoms with Crippen LogP contribution in [-0.2, 0) is 14.0 Å². The first-order valence-electron chi connectivity index (χ1n) is 12.2. The summed E-state index contributed by atoms with van der Waals surface area (Å²) in [6, 6.07) is 0. The summed E-state index contributed by atoms with van der Waals surface area (Å²) in [7, 11) is -2.07. The van der Waals surface area contributed by atoms with Gasteiger partial charge in [-0.05, 0) is 97.8 Å². The number of carbonyl (C=O) groups is 1. The fourth-order valence-corrected chi connectivity index (χ4v) is 8.27. The molecule has 3 rings (SSSR count). The van der Waals surface area contributed by atoms with Crippen molar-refractivity contribution in [2.24, 2.45) is 23.2 Å². The van der Waals surface area contributed by atoms with Gasteiger partial charge in [-0.15, -0.1) is 0 Å². The lowest BCUT2D eigenvalue weighted by atomic mass is 9.61. The van der Waals surface area contributed by atoms with Gasteiger partial charge in [0.25, 0.3) is 0 Å². The molecule has 5 atom stereocenters. The average Bonchev–Trinajstić information content (AvgIpc) is 3.14. The van der Waals surface area contributed by atoms with Crippen molar-refractivity contribution < 1.29 is 14.0 Å². The second-order valence-electron chi connectivity index (χ2n) is 12.3. The van der Waals surface area contributed by atoms with E-state index in [4.69, 9.17) is 9.16 Å². The minimum absolute atomic E-state index is 0.0538. The van der Waals surface area contributed by atoms with E-state index in [0.717, 1.165) is 30.4 Å². The lowest BCUT2D eigenvalue weighted by molar-refractivity contribution is -0.149. The molecule has 0 spiro atoms. The zero-order chi connectivity index (χ0) is 23.2. The van der Waals surface area contributed by atoms with Gasteiger partial charge in [0.15, 0.2) is 13.9 Å². The molecule has 2 aliphatic carbocycles. The monoisotopic (exact) mass is 510 g/mol. The molecule has 0 saturated heterocycles. The molecule has 3 nitrogen and oxygen atoms in total. The van der Waals surface area contributed by atoms with Crippen LogP contribution in [0.1, 0.15) is 86.5 Å². The first kappa shape index (κ1) is 25.2. The number of halogens is 1. The topological polar surface area (TPSA) is 35.5 Å². The molecular formula is C26H43BrO3Si. The number of esters is 1. The van der Waals surface area contributed by atoms with Crippen molar-refractivity contribution in [2.45, 2.75) is 110 Å². The summed E-state index contributed by atoms with van der Waals surface area (Å²) in [6.07, 6.45) is 10.4. The van der Waals surface area contributed by atoms with E-state index in [0.29, 0.717) is 11.3 Å². The molecule has 0 bridgehead atoms. The van der Waals surface area contributed by atoms with E-state index >= 15 is 0 Å². The highest BCUT2D eigenvalue weighted by Crippen LogP contribution is 2.60. The van der Waals surface area contributed by atoms with Crippen molar-refractivity contribution in [3.05, 3.63) is 22.4 Å². The molecule has 3 aliphatic rings. The summed E-state index contributed by atoms with van der Waals surface area (Å²) in [4.78, 5) is 14.9. The number of allylic oxidation sites excluding steroid dienone is 2. The molecule has 1 aliphatic heterocycles. The van der Waals surface area contributed by atoms with E-state index in [2.05, 4.69) is 68.6 Å². The van der Waals surface area contributed by atoms with E-state index < -0.39 is 13.9 Å². The maximum Gasteiger partial charge on any atom is 0.346 e. The van der Waals surface area contributed by atoms with E-state index in [1.807, 2.05) is 13.0 Å². The number of ether oxygens (including phenoxy) is 1. The van der Waals surface area contributed by atoms with Crippen LogP contribution in [0.15, 0.2) is 22.4 Å². The Kier molecular flexibility index (Phi) is 7.13. The van der Waals surface area contributed by atoms with Gasteiger partial charge in [-0.2, -0.15) is 0 Å². The number of rotatable bonds is 6. The fraction of sp³-hybridized carbons (Fsp3) is 0.808. The van der Waals surface area contributed by atoms with Gasteiger partial charge < -0.3 is 9.16 Å². The SMILES string of the molecule is C[C@H](CCC1=C[C@@](C)(O[Si](C)(C)C(C)(C)C)C(=O)O1)[C@H]1CCC2/C(=C/Br)CCC[C@@]21C. The molecule has 0 radical (unpaired) electrons. The Hall–Kier alpha value is -0.393. The summed E-state index contributed by atoms with van der Waals surface area (Å²) in [5.74, 6) is 2.66. The summed E-state index contributed by atoms with van der Waals surface area (Å²) >= 11 is 3.63. The number of hydrogen-bond donors (Lipinski definition) is 0. The van der Waals surface area contributed by atoms with Crippen LogP contribution in [0.5, 0.6) is 0 Å². The Balaban J connectivity index is 1.65. The Bertz CT molecular complexity index is 765.